The number of aromatic nitrogens is 2. The first-order chi connectivity index (χ1) is 15.8. The molecule has 5 nitrogen and oxygen atoms in total. The van der Waals surface area contributed by atoms with Crippen LogP contribution >= 0.6 is 0 Å². The minimum Gasteiger partial charge on any atom is -0.598 e. The molecule has 33 heavy (non-hydrogen) atoms. The lowest BCUT2D eigenvalue weighted by atomic mass is 9.93. The number of hydrogen-bond acceptors (Lipinski definition) is 5. The Hall–Kier alpha value is -2.67. The lowest BCUT2D eigenvalue weighted by Crippen LogP contribution is -2.42. The summed E-state index contributed by atoms with van der Waals surface area (Å²) in [6.07, 6.45) is 1.50. The number of nitrogens with zero attached hydrogens (tertiary/aromatic N) is 2. The first-order valence-electron chi connectivity index (χ1n) is 11.3. The van der Waals surface area contributed by atoms with Crippen LogP contribution in [0.1, 0.15) is 56.3 Å². The van der Waals surface area contributed by atoms with Gasteiger partial charge in [-0.05, 0) is 63.4 Å². The van der Waals surface area contributed by atoms with Crippen molar-refractivity contribution in [3.63, 3.8) is 0 Å². The molecule has 2 heterocycles. The molecule has 2 aromatic heterocycles. The molecule has 0 bridgehead atoms. The summed E-state index contributed by atoms with van der Waals surface area (Å²) < 4.78 is 21.8. The smallest absolute Gasteiger partial charge is 0.167 e. The van der Waals surface area contributed by atoms with Gasteiger partial charge < -0.3 is 9.08 Å². The standard InChI is InChI=1S/C27H31N3O2S/c1-6-19-16-15-18(2)23(28-19)17-24(30-33(31)27(3,4)5)20-11-7-8-12-21(20)26-22-13-9-10-14-25(22)32-29-26/h7-16,24,30H,6,17H2,1-5H3/t24-,33?/m0/s1. The molecular weight excluding hydrogens is 430 g/mol. The zero-order chi connectivity index (χ0) is 23.6. The molecule has 0 radical (unpaired) electrons. The zero-order valence-electron chi connectivity index (χ0n) is 19.9. The molecule has 0 saturated carbocycles. The van der Waals surface area contributed by atoms with Crippen LogP contribution in [-0.2, 0) is 24.2 Å². The van der Waals surface area contributed by atoms with Crippen molar-refractivity contribution in [3.8, 4) is 11.3 Å². The van der Waals surface area contributed by atoms with Crippen molar-refractivity contribution >= 4 is 22.3 Å². The first-order valence-corrected chi connectivity index (χ1v) is 12.5. The fourth-order valence-electron chi connectivity index (χ4n) is 3.83. The Morgan fingerprint density at radius 2 is 1.76 bits per heavy atom. The minimum atomic E-state index is -1.26. The second-order valence-electron chi connectivity index (χ2n) is 9.29. The Morgan fingerprint density at radius 1 is 1.03 bits per heavy atom. The number of pyridine rings is 1. The summed E-state index contributed by atoms with van der Waals surface area (Å²) in [7, 11) is 0. The van der Waals surface area contributed by atoms with E-state index in [1.54, 1.807) is 0 Å². The van der Waals surface area contributed by atoms with E-state index < -0.39 is 16.1 Å². The molecule has 2 atom stereocenters. The molecule has 4 rings (SSSR count). The molecule has 172 valence electrons. The van der Waals surface area contributed by atoms with Gasteiger partial charge in [0, 0.05) is 40.1 Å². The van der Waals surface area contributed by atoms with Crippen LogP contribution in [0, 0.1) is 6.92 Å². The van der Waals surface area contributed by atoms with E-state index in [-0.39, 0.29) is 6.04 Å². The fourth-order valence-corrected chi connectivity index (χ4v) is 4.65. The van der Waals surface area contributed by atoms with Gasteiger partial charge in [-0.3, -0.25) is 4.98 Å². The van der Waals surface area contributed by atoms with E-state index in [0.29, 0.717) is 6.42 Å². The highest BCUT2D eigenvalue weighted by atomic mass is 32.2. The van der Waals surface area contributed by atoms with E-state index in [1.807, 2.05) is 57.2 Å². The number of hydrogen-bond donors (Lipinski definition) is 1. The van der Waals surface area contributed by atoms with Crippen LogP contribution in [0.25, 0.3) is 22.2 Å². The molecule has 0 saturated heterocycles. The van der Waals surface area contributed by atoms with E-state index >= 15 is 0 Å². The lowest BCUT2D eigenvalue weighted by Gasteiger charge is -2.29. The topological polar surface area (TPSA) is 74.0 Å². The average molecular weight is 462 g/mol. The maximum absolute atomic E-state index is 13.2. The van der Waals surface area contributed by atoms with E-state index in [2.05, 4.69) is 48.0 Å². The van der Waals surface area contributed by atoms with Gasteiger partial charge in [-0.15, -0.1) is 4.72 Å². The highest BCUT2D eigenvalue weighted by molar-refractivity contribution is 7.90. The Morgan fingerprint density at radius 3 is 2.52 bits per heavy atom. The van der Waals surface area contributed by atoms with Gasteiger partial charge in [0.05, 0.1) is 6.04 Å². The van der Waals surface area contributed by atoms with Gasteiger partial charge in [-0.25, -0.2) is 0 Å². The maximum atomic E-state index is 13.2. The predicted octanol–water partition coefficient (Wildman–Crippen LogP) is 6.10. The van der Waals surface area contributed by atoms with Gasteiger partial charge in [0.2, 0.25) is 0 Å². The monoisotopic (exact) mass is 461 g/mol. The quantitative estimate of drug-likeness (QED) is 0.337. The number of rotatable bonds is 7. The zero-order valence-corrected chi connectivity index (χ0v) is 20.7. The van der Waals surface area contributed by atoms with Crippen molar-refractivity contribution in [3.05, 3.63) is 83.2 Å². The summed E-state index contributed by atoms with van der Waals surface area (Å²) in [6, 6.07) is 20.0. The Bertz CT molecular complexity index is 1250. The number of para-hydroxylation sites is 1. The van der Waals surface area contributed by atoms with Crippen LogP contribution in [-0.4, -0.2) is 19.4 Å². The summed E-state index contributed by atoms with van der Waals surface area (Å²) in [5.74, 6) is 0. The Balaban J connectivity index is 1.81. The number of aryl methyl sites for hydroxylation is 2. The molecule has 2 aromatic carbocycles. The van der Waals surface area contributed by atoms with Gasteiger partial charge in [0.25, 0.3) is 0 Å². The summed E-state index contributed by atoms with van der Waals surface area (Å²) in [5, 5.41) is 5.36. The molecule has 0 aliphatic heterocycles. The van der Waals surface area contributed by atoms with Gasteiger partial charge in [-0.2, -0.15) is 0 Å². The summed E-state index contributed by atoms with van der Waals surface area (Å²) in [4.78, 5) is 4.89. The summed E-state index contributed by atoms with van der Waals surface area (Å²) >= 11 is -1.26. The van der Waals surface area contributed by atoms with Crippen molar-refractivity contribution in [2.24, 2.45) is 0 Å². The molecular formula is C27H31N3O2S. The second kappa shape index (κ2) is 9.67. The van der Waals surface area contributed by atoms with Crippen LogP contribution in [0.2, 0.25) is 0 Å². The average Bonchev–Trinajstić information content (AvgIpc) is 3.23. The largest absolute Gasteiger partial charge is 0.598 e. The number of fused-ring (bicyclic) bond motifs is 1. The van der Waals surface area contributed by atoms with Crippen LogP contribution in [0.3, 0.4) is 0 Å². The SMILES string of the molecule is CCc1ccc(C)c(C[C@H](N[S+]([O-])C(C)(C)C)c2ccccc2-c2noc3ccccc23)n1. The second-order valence-corrected chi connectivity index (χ2v) is 11.3. The highest BCUT2D eigenvalue weighted by Gasteiger charge is 2.32. The summed E-state index contributed by atoms with van der Waals surface area (Å²) in [6.45, 7) is 10.1. The third kappa shape index (κ3) is 5.13. The van der Waals surface area contributed by atoms with E-state index in [1.165, 1.54) is 0 Å². The van der Waals surface area contributed by atoms with E-state index in [0.717, 1.165) is 51.2 Å². The number of nitrogens with one attached hydrogen (secondary N) is 1. The van der Waals surface area contributed by atoms with Gasteiger partial charge in [0.15, 0.2) is 5.58 Å². The van der Waals surface area contributed by atoms with Crippen LogP contribution in [0.4, 0.5) is 0 Å². The van der Waals surface area contributed by atoms with Crippen molar-refractivity contribution in [1.29, 1.82) is 0 Å². The van der Waals surface area contributed by atoms with Crippen molar-refractivity contribution in [2.75, 3.05) is 0 Å². The third-order valence-electron chi connectivity index (χ3n) is 5.79. The van der Waals surface area contributed by atoms with E-state index in [9.17, 15) is 4.55 Å². The van der Waals surface area contributed by atoms with Crippen molar-refractivity contribution in [2.45, 2.75) is 58.2 Å². The molecule has 0 amide bonds. The predicted molar refractivity (Wildman–Crippen MR) is 135 cm³/mol. The van der Waals surface area contributed by atoms with Gasteiger partial charge >= 0.3 is 0 Å². The molecule has 4 aromatic rings. The molecule has 6 heteroatoms. The normalized spacial score (nSPS) is 13.9. The van der Waals surface area contributed by atoms with Crippen LogP contribution in [0.15, 0.2) is 65.2 Å². The van der Waals surface area contributed by atoms with Gasteiger partial charge in [-0.1, -0.05) is 54.5 Å². The lowest BCUT2D eigenvalue weighted by molar-refractivity contribution is 0.459. The molecule has 1 unspecified atom stereocenters. The molecule has 0 fully saturated rings. The van der Waals surface area contributed by atoms with Crippen LogP contribution in [0.5, 0.6) is 0 Å². The third-order valence-corrected chi connectivity index (χ3v) is 7.40. The summed E-state index contributed by atoms with van der Waals surface area (Å²) in [5.41, 5.74) is 6.73. The maximum Gasteiger partial charge on any atom is 0.167 e. The number of benzene rings is 2. The molecule has 0 aliphatic rings. The van der Waals surface area contributed by atoms with Crippen LogP contribution < -0.4 is 4.72 Å². The fraction of sp³-hybridized carbons (Fsp3) is 0.333. The Kier molecular flexibility index (Phi) is 6.88. The Labute approximate surface area is 198 Å². The molecule has 1 N–H and O–H groups in total. The van der Waals surface area contributed by atoms with Crippen molar-refractivity contribution in [1.82, 2.24) is 14.9 Å². The highest BCUT2D eigenvalue weighted by Crippen LogP contribution is 2.35. The molecule has 0 spiro atoms. The van der Waals surface area contributed by atoms with Crippen molar-refractivity contribution < 1.29 is 9.08 Å². The van der Waals surface area contributed by atoms with Gasteiger partial charge in [0.1, 0.15) is 10.4 Å². The first kappa shape index (κ1) is 23.5. The molecule has 0 aliphatic carbocycles. The van der Waals surface area contributed by atoms with E-state index in [4.69, 9.17) is 9.51 Å². The minimum absolute atomic E-state index is 0.213.